The summed E-state index contributed by atoms with van der Waals surface area (Å²) in [6.07, 6.45) is 2.62. The molecule has 0 saturated carbocycles. The Morgan fingerprint density at radius 2 is 1.90 bits per heavy atom. The molecule has 21 heavy (non-hydrogen) atoms. The summed E-state index contributed by atoms with van der Waals surface area (Å²) >= 11 is 11.9. The van der Waals surface area contributed by atoms with Gasteiger partial charge in [0, 0.05) is 11.0 Å². The van der Waals surface area contributed by atoms with E-state index in [1.54, 1.807) is 11.3 Å². The first-order chi connectivity index (χ1) is 9.95. The minimum absolute atomic E-state index is 0.470. The SMILES string of the molecule is O=C(O)/C=C/c1cc(Br)c(OCc2ccc(Br)s2)c(Br)c1. The molecule has 0 bridgehead atoms. The Hall–Kier alpha value is -0.630. The molecule has 110 valence electrons. The summed E-state index contributed by atoms with van der Waals surface area (Å²) in [5.74, 6) is -0.294. The Kier molecular flexibility index (Phi) is 6.04. The summed E-state index contributed by atoms with van der Waals surface area (Å²) in [6, 6.07) is 7.60. The molecule has 0 radical (unpaired) electrons. The molecule has 0 aliphatic heterocycles. The predicted octanol–water partition coefficient (Wildman–Crippen LogP) is 5.71. The van der Waals surface area contributed by atoms with Crippen molar-refractivity contribution in [3.05, 3.63) is 53.5 Å². The Morgan fingerprint density at radius 3 is 2.43 bits per heavy atom. The largest absolute Gasteiger partial charge is 0.486 e. The van der Waals surface area contributed by atoms with E-state index >= 15 is 0 Å². The smallest absolute Gasteiger partial charge is 0.328 e. The van der Waals surface area contributed by atoms with Crippen LogP contribution in [0.5, 0.6) is 5.75 Å². The molecule has 1 heterocycles. The van der Waals surface area contributed by atoms with Crippen LogP contribution >= 0.6 is 59.1 Å². The molecule has 0 amide bonds. The van der Waals surface area contributed by atoms with Gasteiger partial charge >= 0.3 is 5.97 Å². The van der Waals surface area contributed by atoms with E-state index in [0.29, 0.717) is 12.4 Å². The van der Waals surface area contributed by atoms with Gasteiger partial charge in [-0.25, -0.2) is 4.79 Å². The molecule has 1 aromatic heterocycles. The van der Waals surface area contributed by atoms with E-state index in [9.17, 15) is 4.79 Å². The van der Waals surface area contributed by atoms with Gasteiger partial charge in [0.1, 0.15) is 12.4 Å². The number of hydrogen-bond acceptors (Lipinski definition) is 3. The number of rotatable bonds is 5. The van der Waals surface area contributed by atoms with Gasteiger partial charge in [0.25, 0.3) is 0 Å². The van der Waals surface area contributed by atoms with E-state index in [4.69, 9.17) is 9.84 Å². The van der Waals surface area contributed by atoms with Crippen LogP contribution in [0.3, 0.4) is 0 Å². The first kappa shape index (κ1) is 16.7. The van der Waals surface area contributed by atoms with Gasteiger partial charge in [-0.05, 0) is 83.7 Å². The van der Waals surface area contributed by atoms with Gasteiger partial charge in [0.05, 0.1) is 12.7 Å². The maximum Gasteiger partial charge on any atom is 0.328 e. The summed E-state index contributed by atoms with van der Waals surface area (Å²) in [5.41, 5.74) is 0.766. The number of hydrogen-bond donors (Lipinski definition) is 1. The van der Waals surface area contributed by atoms with Crippen LogP contribution < -0.4 is 4.74 Å². The lowest BCUT2D eigenvalue weighted by Gasteiger charge is -2.10. The van der Waals surface area contributed by atoms with Gasteiger partial charge in [0.2, 0.25) is 0 Å². The molecule has 1 N–H and O–H groups in total. The van der Waals surface area contributed by atoms with Crippen molar-refractivity contribution in [3.8, 4) is 5.75 Å². The van der Waals surface area contributed by atoms with Crippen molar-refractivity contribution in [2.45, 2.75) is 6.61 Å². The van der Waals surface area contributed by atoms with Crippen molar-refractivity contribution >= 4 is 71.2 Å². The molecule has 2 rings (SSSR count). The molecule has 0 atom stereocenters. The minimum atomic E-state index is -0.981. The number of aliphatic carboxylic acids is 1. The molecule has 7 heteroatoms. The molecule has 0 fully saturated rings. The van der Waals surface area contributed by atoms with E-state index in [1.807, 2.05) is 24.3 Å². The minimum Gasteiger partial charge on any atom is -0.486 e. The van der Waals surface area contributed by atoms with Crippen LogP contribution in [0.15, 0.2) is 43.1 Å². The van der Waals surface area contributed by atoms with E-state index in [2.05, 4.69) is 47.8 Å². The normalized spacial score (nSPS) is 11.0. The van der Waals surface area contributed by atoms with Crippen LogP contribution in [0.25, 0.3) is 6.08 Å². The monoisotopic (exact) mass is 494 g/mol. The molecule has 1 aromatic carbocycles. The topological polar surface area (TPSA) is 46.5 Å². The summed E-state index contributed by atoms with van der Waals surface area (Å²) < 4.78 is 8.39. The molecule has 3 nitrogen and oxygen atoms in total. The number of carbonyl (C=O) groups is 1. The van der Waals surface area contributed by atoms with Gasteiger partial charge in [-0.15, -0.1) is 11.3 Å². The van der Waals surface area contributed by atoms with E-state index in [-0.39, 0.29) is 0 Å². The molecule has 0 spiro atoms. The summed E-state index contributed by atoms with van der Waals surface area (Å²) in [4.78, 5) is 11.6. The first-order valence-electron chi connectivity index (χ1n) is 5.73. The van der Waals surface area contributed by atoms with Crippen molar-refractivity contribution in [2.24, 2.45) is 0 Å². The highest BCUT2D eigenvalue weighted by Crippen LogP contribution is 2.36. The zero-order chi connectivity index (χ0) is 15.4. The first-order valence-corrected chi connectivity index (χ1v) is 8.92. The van der Waals surface area contributed by atoms with Gasteiger partial charge in [-0.3, -0.25) is 0 Å². The fourth-order valence-corrected chi connectivity index (χ4v) is 4.40. The third-order valence-electron chi connectivity index (χ3n) is 2.43. The molecule has 0 aliphatic carbocycles. The highest BCUT2D eigenvalue weighted by atomic mass is 79.9. The maximum atomic E-state index is 10.5. The standard InChI is InChI=1S/C14H9Br3O3S/c15-10-5-8(1-4-13(18)19)6-11(16)14(10)20-7-9-2-3-12(17)21-9/h1-6H,7H2,(H,18,19)/b4-1+. The third kappa shape index (κ3) is 4.95. The number of carboxylic acid groups (broad SMARTS) is 1. The van der Waals surface area contributed by atoms with E-state index in [0.717, 1.165) is 29.2 Å². The fraction of sp³-hybridized carbons (Fsp3) is 0.0714. The maximum absolute atomic E-state index is 10.5. The van der Waals surface area contributed by atoms with E-state index in [1.165, 1.54) is 6.08 Å². The van der Waals surface area contributed by atoms with Crippen LogP contribution in [0, 0.1) is 0 Å². The molecule has 2 aromatic rings. The summed E-state index contributed by atoms with van der Waals surface area (Å²) in [7, 11) is 0. The van der Waals surface area contributed by atoms with Gasteiger partial charge in [0.15, 0.2) is 0 Å². The lowest BCUT2D eigenvalue weighted by atomic mass is 10.2. The number of carboxylic acids is 1. The second-order valence-corrected chi connectivity index (χ2v) is 8.24. The van der Waals surface area contributed by atoms with Crippen LogP contribution in [0.1, 0.15) is 10.4 Å². The molecular formula is C14H9Br3O3S. The number of thiophene rings is 1. The average Bonchev–Trinajstić information content (AvgIpc) is 2.81. The van der Waals surface area contributed by atoms with Crippen molar-refractivity contribution in [1.29, 1.82) is 0 Å². The van der Waals surface area contributed by atoms with Gasteiger partial charge in [-0.1, -0.05) is 0 Å². The fourth-order valence-electron chi connectivity index (χ4n) is 1.55. The third-order valence-corrected chi connectivity index (χ3v) is 5.20. The van der Waals surface area contributed by atoms with Gasteiger partial charge < -0.3 is 9.84 Å². The summed E-state index contributed by atoms with van der Waals surface area (Å²) in [5, 5.41) is 8.64. The molecular weight excluding hydrogens is 488 g/mol. The second-order valence-electron chi connectivity index (χ2n) is 3.98. The predicted molar refractivity (Wildman–Crippen MR) is 94.9 cm³/mol. The number of ether oxygens (including phenoxy) is 1. The van der Waals surface area contributed by atoms with Crippen molar-refractivity contribution < 1.29 is 14.6 Å². The second kappa shape index (κ2) is 7.58. The Balaban J connectivity index is 2.15. The number of halogens is 3. The zero-order valence-corrected chi connectivity index (χ0v) is 16.1. The molecule has 0 saturated heterocycles. The highest BCUT2D eigenvalue weighted by Gasteiger charge is 2.09. The quantitative estimate of drug-likeness (QED) is 0.539. The van der Waals surface area contributed by atoms with Crippen LogP contribution in [-0.4, -0.2) is 11.1 Å². The van der Waals surface area contributed by atoms with E-state index < -0.39 is 5.97 Å². The molecule has 0 aliphatic rings. The lowest BCUT2D eigenvalue weighted by molar-refractivity contribution is -0.131. The van der Waals surface area contributed by atoms with Crippen molar-refractivity contribution in [2.75, 3.05) is 0 Å². The van der Waals surface area contributed by atoms with Crippen LogP contribution in [0.4, 0.5) is 0 Å². The number of benzene rings is 1. The van der Waals surface area contributed by atoms with Gasteiger partial charge in [-0.2, -0.15) is 0 Å². The average molecular weight is 497 g/mol. The van der Waals surface area contributed by atoms with Crippen molar-refractivity contribution in [1.82, 2.24) is 0 Å². The van der Waals surface area contributed by atoms with Crippen molar-refractivity contribution in [3.63, 3.8) is 0 Å². The molecule has 0 unspecified atom stereocenters. The Labute approximate surface area is 151 Å². The Bertz CT molecular complexity index is 672. The zero-order valence-electron chi connectivity index (χ0n) is 10.5. The lowest BCUT2D eigenvalue weighted by Crippen LogP contribution is -1.95. The summed E-state index contributed by atoms with van der Waals surface area (Å²) in [6.45, 7) is 0.470. The van der Waals surface area contributed by atoms with Crippen LogP contribution in [0.2, 0.25) is 0 Å². The highest BCUT2D eigenvalue weighted by molar-refractivity contribution is 9.11. The Morgan fingerprint density at radius 1 is 1.24 bits per heavy atom. The van der Waals surface area contributed by atoms with Crippen LogP contribution in [-0.2, 0) is 11.4 Å².